The molecule has 0 saturated carbocycles. The summed E-state index contributed by atoms with van der Waals surface area (Å²) >= 11 is 1.51. The second-order valence-electron chi connectivity index (χ2n) is 10.2. The van der Waals surface area contributed by atoms with Crippen LogP contribution in [0.4, 0.5) is 0 Å². The second-order valence-corrected chi connectivity index (χ2v) is 11.3. The summed E-state index contributed by atoms with van der Waals surface area (Å²) in [5.74, 6) is -1.80. The average molecular weight is 510 g/mol. The summed E-state index contributed by atoms with van der Waals surface area (Å²) < 4.78 is 0. The number of hydrogen-bond acceptors (Lipinski definition) is 6. The minimum atomic E-state index is -0.807. The molecular weight excluding hydrogens is 474 g/mol. The van der Waals surface area contributed by atoms with Crippen LogP contribution in [0, 0.1) is 23.7 Å². The van der Waals surface area contributed by atoms with Crippen molar-refractivity contribution in [2.45, 2.75) is 52.7 Å². The van der Waals surface area contributed by atoms with E-state index in [9.17, 15) is 24.9 Å². The van der Waals surface area contributed by atoms with Crippen LogP contribution in [0.25, 0.3) is 6.08 Å². The van der Waals surface area contributed by atoms with Crippen molar-refractivity contribution in [2.75, 3.05) is 6.61 Å². The summed E-state index contributed by atoms with van der Waals surface area (Å²) in [6, 6.07) is 10.8. The zero-order valence-corrected chi connectivity index (χ0v) is 21.9. The van der Waals surface area contributed by atoms with E-state index < -0.39 is 23.9 Å². The third kappa shape index (κ3) is 5.33. The van der Waals surface area contributed by atoms with Crippen molar-refractivity contribution in [3.63, 3.8) is 0 Å². The molecular formula is C29H35NO5S. The minimum absolute atomic E-state index is 0.0903. The number of fused-ring (bicyclic) bond motifs is 1. The van der Waals surface area contributed by atoms with Crippen LogP contribution in [0.3, 0.4) is 0 Å². The first-order chi connectivity index (χ1) is 17.2. The standard InChI is InChI=1S/C29H35NO5S/c1-17(2)22-14-23-27(29(35)30(28(23)34)15-21-5-4-12-36-21)24(16-31)26(22)25(33)11-6-18(3)13-19-7-9-20(32)10-8-19/h4-5,7-10,12-13,17,23-25,27,31-33H,6,11,14-16H2,1-3H3/b18-13+/t23-,24+,25-,27-/m1/s1. The van der Waals surface area contributed by atoms with Gasteiger partial charge in [-0.15, -0.1) is 11.3 Å². The van der Waals surface area contributed by atoms with E-state index >= 15 is 0 Å². The highest BCUT2D eigenvalue weighted by atomic mass is 32.1. The normalized spacial score (nSPS) is 23.6. The van der Waals surface area contributed by atoms with Gasteiger partial charge in [0.15, 0.2) is 0 Å². The smallest absolute Gasteiger partial charge is 0.234 e. The number of likely N-dealkylation sites (tertiary alicyclic amines) is 1. The molecule has 7 heteroatoms. The molecule has 1 aliphatic heterocycles. The van der Waals surface area contributed by atoms with Gasteiger partial charge in [-0.05, 0) is 66.8 Å². The van der Waals surface area contributed by atoms with Crippen LogP contribution in [0.5, 0.6) is 5.75 Å². The zero-order chi connectivity index (χ0) is 26.0. The first-order valence-corrected chi connectivity index (χ1v) is 13.4. The van der Waals surface area contributed by atoms with Crippen molar-refractivity contribution < 1.29 is 24.9 Å². The number of rotatable bonds is 9. The lowest BCUT2D eigenvalue weighted by atomic mass is 9.66. The number of benzene rings is 1. The molecule has 4 atom stereocenters. The van der Waals surface area contributed by atoms with Gasteiger partial charge >= 0.3 is 0 Å². The predicted molar refractivity (Wildman–Crippen MR) is 141 cm³/mol. The summed E-state index contributed by atoms with van der Waals surface area (Å²) in [6.07, 6.45) is 2.75. The van der Waals surface area contributed by atoms with E-state index in [0.29, 0.717) is 19.3 Å². The molecule has 1 saturated heterocycles. The Balaban J connectivity index is 1.55. The lowest BCUT2D eigenvalue weighted by molar-refractivity contribution is -0.140. The molecule has 1 aromatic heterocycles. The number of hydrogen-bond donors (Lipinski definition) is 3. The van der Waals surface area contributed by atoms with E-state index in [1.165, 1.54) is 16.2 Å². The molecule has 2 heterocycles. The maximum atomic E-state index is 13.5. The average Bonchev–Trinajstić information content (AvgIpc) is 3.45. The summed E-state index contributed by atoms with van der Waals surface area (Å²) in [7, 11) is 0. The van der Waals surface area contributed by atoms with E-state index in [4.69, 9.17) is 0 Å². The van der Waals surface area contributed by atoms with Crippen molar-refractivity contribution in [3.8, 4) is 5.75 Å². The van der Waals surface area contributed by atoms with Crippen molar-refractivity contribution in [2.24, 2.45) is 23.7 Å². The van der Waals surface area contributed by atoms with Crippen LogP contribution >= 0.6 is 11.3 Å². The summed E-state index contributed by atoms with van der Waals surface area (Å²) in [4.78, 5) is 29.1. The van der Waals surface area contributed by atoms with Gasteiger partial charge in [0.2, 0.25) is 11.8 Å². The van der Waals surface area contributed by atoms with Gasteiger partial charge in [-0.3, -0.25) is 14.5 Å². The van der Waals surface area contributed by atoms with Crippen LogP contribution in [-0.2, 0) is 16.1 Å². The molecule has 4 rings (SSSR count). The first kappa shape index (κ1) is 26.3. The van der Waals surface area contributed by atoms with Crippen LogP contribution in [-0.4, -0.2) is 44.7 Å². The highest BCUT2D eigenvalue weighted by molar-refractivity contribution is 7.09. The van der Waals surface area contributed by atoms with E-state index in [-0.39, 0.29) is 36.6 Å². The number of allylic oxidation sites excluding steroid dienone is 2. The monoisotopic (exact) mass is 509 g/mol. The molecule has 0 radical (unpaired) electrons. The number of imide groups is 1. The number of amides is 2. The van der Waals surface area contributed by atoms with E-state index in [1.807, 2.05) is 56.5 Å². The summed E-state index contributed by atoms with van der Waals surface area (Å²) in [5.41, 5.74) is 3.78. The Hall–Kier alpha value is -2.74. The van der Waals surface area contributed by atoms with Gasteiger partial charge in [0.05, 0.1) is 31.1 Å². The Bertz CT molecular complexity index is 1150. The van der Waals surface area contributed by atoms with Crippen LogP contribution < -0.4 is 0 Å². The molecule has 0 unspecified atom stereocenters. The second kappa shape index (κ2) is 11.1. The lowest BCUT2D eigenvalue weighted by Crippen LogP contribution is -2.39. The SMILES string of the molecule is C/C(=C\c1ccc(O)cc1)CC[C@@H](O)C1=C(C(C)C)C[C@H]2C(=O)N(Cc3cccs3)C(=O)[C@H]2[C@H]1CO. The Morgan fingerprint density at radius 2 is 1.89 bits per heavy atom. The molecule has 0 spiro atoms. The lowest BCUT2D eigenvalue weighted by Gasteiger charge is -2.38. The van der Waals surface area contributed by atoms with E-state index in [2.05, 4.69) is 0 Å². The fourth-order valence-electron chi connectivity index (χ4n) is 5.67. The molecule has 2 aromatic rings. The van der Waals surface area contributed by atoms with Crippen LogP contribution in [0.1, 0.15) is 50.5 Å². The van der Waals surface area contributed by atoms with Gasteiger partial charge in [0.25, 0.3) is 0 Å². The van der Waals surface area contributed by atoms with Gasteiger partial charge in [-0.25, -0.2) is 0 Å². The van der Waals surface area contributed by atoms with E-state index in [1.54, 1.807) is 12.1 Å². The third-order valence-electron chi connectivity index (χ3n) is 7.48. The fraction of sp³-hybridized carbons (Fsp3) is 0.448. The maximum Gasteiger partial charge on any atom is 0.234 e. The quantitative estimate of drug-likeness (QED) is 0.334. The van der Waals surface area contributed by atoms with Gasteiger partial charge < -0.3 is 15.3 Å². The largest absolute Gasteiger partial charge is 0.508 e. The van der Waals surface area contributed by atoms with Crippen LogP contribution in [0.2, 0.25) is 0 Å². The summed E-state index contributed by atoms with van der Waals surface area (Å²) in [5, 5.41) is 33.2. The molecule has 6 nitrogen and oxygen atoms in total. The van der Waals surface area contributed by atoms with Gasteiger partial charge in [0, 0.05) is 10.8 Å². The Labute approximate surface area is 216 Å². The molecule has 3 N–H and O–H groups in total. The molecule has 1 aromatic carbocycles. The maximum absolute atomic E-state index is 13.5. The molecule has 1 aliphatic carbocycles. The number of nitrogens with zero attached hydrogens (tertiary/aromatic N) is 1. The van der Waals surface area contributed by atoms with Crippen molar-refractivity contribution >= 4 is 29.2 Å². The summed E-state index contributed by atoms with van der Waals surface area (Å²) in [6.45, 7) is 6.06. The van der Waals surface area contributed by atoms with Gasteiger partial charge in [-0.1, -0.05) is 49.3 Å². The van der Waals surface area contributed by atoms with Crippen molar-refractivity contribution in [1.82, 2.24) is 4.90 Å². The number of aliphatic hydroxyl groups is 2. The van der Waals surface area contributed by atoms with Crippen molar-refractivity contribution in [1.29, 1.82) is 0 Å². The first-order valence-electron chi connectivity index (χ1n) is 12.6. The van der Waals surface area contributed by atoms with E-state index in [0.717, 1.165) is 27.2 Å². The number of phenols is 1. The number of thiophene rings is 1. The Kier molecular flexibility index (Phi) is 8.13. The highest BCUT2D eigenvalue weighted by Crippen LogP contribution is 2.48. The number of carbonyl (C=O) groups is 2. The number of phenolic OH excluding ortho intramolecular Hbond substituents is 1. The topological polar surface area (TPSA) is 98.1 Å². The zero-order valence-electron chi connectivity index (χ0n) is 21.1. The molecule has 1 fully saturated rings. The highest BCUT2D eigenvalue weighted by Gasteiger charge is 2.55. The molecule has 2 aliphatic rings. The predicted octanol–water partition coefficient (Wildman–Crippen LogP) is 4.76. The molecule has 192 valence electrons. The van der Waals surface area contributed by atoms with Crippen molar-refractivity contribution in [3.05, 3.63) is 68.9 Å². The third-order valence-corrected chi connectivity index (χ3v) is 8.34. The molecule has 36 heavy (non-hydrogen) atoms. The fourth-order valence-corrected chi connectivity index (χ4v) is 6.36. The number of aromatic hydroxyl groups is 1. The number of carbonyl (C=O) groups excluding carboxylic acids is 2. The molecule has 0 bridgehead atoms. The van der Waals surface area contributed by atoms with Gasteiger partial charge in [0.1, 0.15) is 5.75 Å². The Morgan fingerprint density at radius 3 is 2.50 bits per heavy atom. The molecule has 2 amide bonds. The number of aliphatic hydroxyl groups excluding tert-OH is 2. The van der Waals surface area contributed by atoms with Gasteiger partial charge in [-0.2, -0.15) is 0 Å². The minimum Gasteiger partial charge on any atom is -0.508 e. The van der Waals surface area contributed by atoms with Crippen LogP contribution in [0.15, 0.2) is 58.5 Å². The Morgan fingerprint density at radius 1 is 1.17 bits per heavy atom.